The highest BCUT2D eigenvalue weighted by Gasteiger charge is 2.13. The summed E-state index contributed by atoms with van der Waals surface area (Å²) in [5.41, 5.74) is 2.61. The molecule has 0 spiro atoms. The van der Waals surface area contributed by atoms with Gasteiger partial charge in [0.25, 0.3) is 5.91 Å². The number of methoxy groups -OCH3 is 1. The van der Waals surface area contributed by atoms with E-state index in [1.165, 1.54) is 0 Å². The first-order chi connectivity index (χ1) is 13.9. The van der Waals surface area contributed by atoms with Gasteiger partial charge < -0.3 is 19.6 Å². The van der Waals surface area contributed by atoms with Crippen LogP contribution in [0.15, 0.2) is 52.9 Å². The number of carbonyl (C=O) groups is 1. The van der Waals surface area contributed by atoms with E-state index in [1.807, 2.05) is 6.92 Å². The number of aliphatic hydroxyl groups is 1. The lowest BCUT2D eigenvalue weighted by Crippen LogP contribution is -2.34. The molecule has 0 aliphatic heterocycles. The molecule has 29 heavy (non-hydrogen) atoms. The van der Waals surface area contributed by atoms with Crippen molar-refractivity contribution in [2.24, 2.45) is 0 Å². The van der Waals surface area contributed by atoms with E-state index in [9.17, 15) is 9.90 Å². The molecule has 1 heterocycles. The highest BCUT2D eigenvalue weighted by molar-refractivity contribution is 7.80. The van der Waals surface area contributed by atoms with Crippen molar-refractivity contribution in [2.45, 2.75) is 13.5 Å². The van der Waals surface area contributed by atoms with Crippen LogP contribution in [-0.4, -0.2) is 23.2 Å². The average Bonchev–Trinajstić information content (AvgIpc) is 3.19. The Morgan fingerprint density at radius 1 is 1.21 bits per heavy atom. The molecule has 0 radical (unpaired) electrons. The number of nitrogens with one attached hydrogen (secondary N) is 2. The normalized spacial score (nSPS) is 10.5. The molecule has 3 aromatic rings. The van der Waals surface area contributed by atoms with Gasteiger partial charge in [-0.3, -0.25) is 10.1 Å². The number of benzene rings is 2. The molecular weight excluding hydrogens is 412 g/mol. The number of thiocarbonyl (C=S) groups is 1. The number of halogens is 1. The van der Waals surface area contributed by atoms with Crippen molar-refractivity contribution in [3.8, 4) is 17.1 Å². The first-order valence-electron chi connectivity index (χ1n) is 8.67. The van der Waals surface area contributed by atoms with Gasteiger partial charge in [0.15, 0.2) is 5.11 Å². The number of aliphatic hydroxyl groups excluding tert-OH is 1. The predicted molar refractivity (Wildman–Crippen MR) is 116 cm³/mol. The van der Waals surface area contributed by atoms with Crippen LogP contribution in [0, 0.1) is 6.92 Å². The molecule has 3 rings (SSSR count). The van der Waals surface area contributed by atoms with Crippen molar-refractivity contribution in [1.29, 1.82) is 0 Å². The van der Waals surface area contributed by atoms with E-state index >= 15 is 0 Å². The Bertz CT molecular complexity index is 1060. The SMILES string of the molecule is COc1ccc(NC(=S)NC(=O)c2ccc(C)c(Cl)c2)cc1-c1ccc(CO)o1. The van der Waals surface area contributed by atoms with Gasteiger partial charge in [-0.25, -0.2) is 0 Å². The standard InChI is InChI=1S/C21H19ClN2O4S/c1-12-3-4-13(9-17(12)22)20(26)24-21(29)23-14-5-7-18(27-2)16(10-14)19-8-6-15(11-25)28-19/h3-10,25H,11H2,1-2H3,(H2,23,24,26,29). The first-order valence-corrected chi connectivity index (χ1v) is 9.46. The van der Waals surface area contributed by atoms with E-state index < -0.39 is 0 Å². The number of hydrogen-bond acceptors (Lipinski definition) is 5. The van der Waals surface area contributed by atoms with Gasteiger partial charge >= 0.3 is 0 Å². The molecule has 8 heteroatoms. The number of furan rings is 1. The lowest BCUT2D eigenvalue weighted by Gasteiger charge is -2.13. The topological polar surface area (TPSA) is 83.7 Å². The van der Waals surface area contributed by atoms with Crippen LogP contribution >= 0.6 is 23.8 Å². The largest absolute Gasteiger partial charge is 0.496 e. The molecule has 150 valence electrons. The van der Waals surface area contributed by atoms with Crippen LogP contribution < -0.4 is 15.4 Å². The minimum absolute atomic E-state index is 0.137. The number of aryl methyl sites for hydroxylation is 1. The second-order valence-corrected chi connectivity index (χ2v) is 7.03. The van der Waals surface area contributed by atoms with Gasteiger partial charge in [0.1, 0.15) is 23.9 Å². The van der Waals surface area contributed by atoms with Gasteiger partial charge in [0.2, 0.25) is 0 Å². The molecule has 0 unspecified atom stereocenters. The Balaban J connectivity index is 1.75. The number of anilines is 1. The molecule has 0 bridgehead atoms. The molecule has 0 aliphatic carbocycles. The van der Waals surface area contributed by atoms with Crippen LogP contribution in [0.5, 0.6) is 5.75 Å². The Kier molecular flexibility index (Phi) is 6.53. The fourth-order valence-electron chi connectivity index (χ4n) is 2.66. The summed E-state index contributed by atoms with van der Waals surface area (Å²) in [7, 11) is 1.55. The molecular formula is C21H19ClN2O4S. The van der Waals surface area contributed by atoms with E-state index in [4.69, 9.17) is 33.0 Å². The maximum Gasteiger partial charge on any atom is 0.257 e. The lowest BCUT2D eigenvalue weighted by molar-refractivity contribution is 0.0977. The first kappa shape index (κ1) is 20.9. The summed E-state index contributed by atoms with van der Waals surface area (Å²) in [4.78, 5) is 12.4. The maximum atomic E-state index is 12.4. The number of rotatable bonds is 5. The second kappa shape index (κ2) is 9.09. The molecule has 6 nitrogen and oxygen atoms in total. The summed E-state index contributed by atoms with van der Waals surface area (Å²) >= 11 is 11.3. The van der Waals surface area contributed by atoms with Crippen molar-refractivity contribution in [3.05, 3.63) is 70.4 Å². The molecule has 0 fully saturated rings. The zero-order chi connectivity index (χ0) is 21.0. The van der Waals surface area contributed by atoms with Gasteiger partial charge in [-0.05, 0) is 67.2 Å². The molecule has 0 saturated heterocycles. The van der Waals surface area contributed by atoms with E-state index in [1.54, 1.807) is 55.6 Å². The molecule has 0 saturated carbocycles. The van der Waals surface area contributed by atoms with Crippen LogP contribution in [0.1, 0.15) is 21.7 Å². The summed E-state index contributed by atoms with van der Waals surface area (Å²) in [6.07, 6.45) is 0. The molecule has 0 atom stereocenters. The van der Waals surface area contributed by atoms with Gasteiger partial charge in [0.05, 0.1) is 12.7 Å². The van der Waals surface area contributed by atoms with Crippen LogP contribution in [0.25, 0.3) is 11.3 Å². The highest BCUT2D eigenvalue weighted by Crippen LogP contribution is 2.33. The van der Waals surface area contributed by atoms with Crippen molar-refractivity contribution in [2.75, 3.05) is 12.4 Å². The zero-order valence-electron chi connectivity index (χ0n) is 15.8. The smallest absolute Gasteiger partial charge is 0.257 e. The van der Waals surface area contributed by atoms with Gasteiger partial charge in [0, 0.05) is 16.3 Å². The maximum absolute atomic E-state index is 12.4. The van der Waals surface area contributed by atoms with E-state index in [0.717, 1.165) is 5.56 Å². The summed E-state index contributed by atoms with van der Waals surface area (Å²) < 4.78 is 11.0. The third kappa shape index (κ3) is 4.95. The molecule has 1 amide bonds. The van der Waals surface area contributed by atoms with Gasteiger partial charge in [-0.1, -0.05) is 17.7 Å². The Hall–Kier alpha value is -2.87. The summed E-state index contributed by atoms with van der Waals surface area (Å²) in [5, 5.41) is 15.5. The van der Waals surface area contributed by atoms with Crippen molar-refractivity contribution >= 4 is 40.5 Å². The monoisotopic (exact) mass is 430 g/mol. The molecule has 0 aliphatic rings. The Morgan fingerprint density at radius 3 is 2.66 bits per heavy atom. The average molecular weight is 431 g/mol. The van der Waals surface area contributed by atoms with Crippen LogP contribution in [0.2, 0.25) is 5.02 Å². The van der Waals surface area contributed by atoms with E-state index in [2.05, 4.69) is 10.6 Å². The molecule has 1 aromatic heterocycles. The second-order valence-electron chi connectivity index (χ2n) is 6.21. The quantitative estimate of drug-likeness (QED) is 0.515. The van der Waals surface area contributed by atoms with Crippen LogP contribution in [-0.2, 0) is 6.61 Å². The van der Waals surface area contributed by atoms with Crippen LogP contribution in [0.4, 0.5) is 5.69 Å². The Labute approximate surface area is 178 Å². The van der Waals surface area contributed by atoms with Crippen molar-refractivity contribution in [1.82, 2.24) is 5.32 Å². The Morgan fingerprint density at radius 2 is 2.00 bits per heavy atom. The zero-order valence-corrected chi connectivity index (χ0v) is 17.4. The number of hydrogen-bond donors (Lipinski definition) is 3. The van der Waals surface area contributed by atoms with E-state index in [0.29, 0.717) is 39.1 Å². The van der Waals surface area contributed by atoms with Crippen LogP contribution in [0.3, 0.4) is 0 Å². The third-order valence-corrected chi connectivity index (χ3v) is 4.81. The highest BCUT2D eigenvalue weighted by atomic mass is 35.5. The van der Waals surface area contributed by atoms with Gasteiger partial charge in [-0.15, -0.1) is 0 Å². The third-order valence-electron chi connectivity index (χ3n) is 4.20. The number of amides is 1. The molecule has 3 N–H and O–H groups in total. The van der Waals surface area contributed by atoms with Crippen molar-refractivity contribution in [3.63, 3.8) is 0 Å². The summed E-state index contributed by atoms with van der Waals surface area (Å²) in [6.45, 7) is 1.67. The molecule has 2 aromatic carbocycles. The minimum Gasteiger partial charge on any atom is -0.496 e. The number of carbonyl (C=O) groups excluding carboxylic acids is 1. The summed E-state index contributed by atoms with van der Waals surface area (Å²) in [5.74, 6) is 1.22. The fraction of sp³-hybridized carbons (Fsp3) is 0.143. The van der Waals surface area contributed by atoms with Gasteiger partial charge in [-0.2, -0.15) is 0 Å². The summed E-state index contributed by atoms with van der Waals surface area (Å²) in [6, 6.07) is 13.8. The van der Waals surface area contributed by atoms with Crippen molar-refractivity contribution < 1.29 is 19.1 Å². The lowest BCUT2D eigenvalue weighted by atomic mass is 10.1. The fourth-order valence-corrected chi connectivity index (χ4v) is 3.05. The van der Waals surface area contributed by atoms with E-state index in [-0.39, 0.29) is 17.6 Å². The minimum atomic E-state index is -0.364. The number of ether oxygens (including phenoxy) is 1. The predicted octanol–water partition coefficient (Wildman–Crippen LogP) is 4.54.